The van der Waals surface area contributed by atoms with Crippen LogP contribution in [0.15, 0.2) is 174 Å². The highest BCUT2D eigenvalue weighted by molar-refractivity contribution is 6.21. The Labute approximate surface area is 299 Å². The Balaban J connectivity index is 1.28. The van der Waals surface area contributed by atoms with E-state index in [0.29, 0.717) is 22.8 Å². The van der Waals surface area contributed by atoms with Crippen LogP contribution >= 0.6 is 0 Å². The number of hydrogen-bond acceptors (Lipinski definition) is 4. The molecule has 52 heavy (non-hydrogen) atoms. The van der Waals surface area contributed by atoms with Gasteiger partial charge in [0, 0.05) is 43.9 Å². The molecule has 7 aromatic carbocycles. The maximum Gasteiger partial charge on any atom is 0.161 e. The standard InChI is InChI=1S/C47H28N4O/c48-29-40-43(31-16-6-2-7-17-31)49-47(50-44(40)32-18-8-3-9-19-32)38-25-24-33(28-39(38)30-14-4-1-5-15-30)51-41-22-12-10-20-34(41)36-26-27-37-35-21-11-13-23-42(35)52-46(37)45(36)51/h1-28H. The molecule has 0 unspecified atom stereocenters. The van der Waals surface area contributed by atoms with Crippen molar-refractivity contribution in [3.05, 3.63) is 175 Å². The Hall–Kier alpha value is -7.29. The number of rotatable bonds is 5. The molecule has 0 radical (unpaired) electrons. The molecular weight excluding hydrogens is 637 g/mol. The molecule has 0 saturated carbocycles. The first-order valence-electron chi connectivity index (χ1n) is 17.2. The van der Waals surface area contributed by atoms with Gasteiger partial charge >= 0.3 is 0 Å². The first kappa shape index (κ1) is 29.6. The molecule has 0 atom stereocenters. The van der Waals surface area contributed by atoms with Gasteiger partial charge in [-0.15, -0.1) is 0 Å². The fourth-order valence-corrected chi connectivity index (χ4v) is 7.52. The van der Waals surface area contributed by atoms with E-state index in [4.69, 9.17) is 14.4 Å². The van der Waals surface area contributed by atoms with Crippen molar-refractivity contribution in [3.63, 3.8) is 0 Å². The van der Waals surface area contributed by atoms with E-state index < -0.39 is 0 Å². The summed E-state index contributed by atoms with van der Waals surface area (Å²) in [4.78, 5) is 10.3. The van der Waals surface area contributed by atoms with Crippen LogP contribution in [0.25, 0.3) is 94.5 Å². The molecule has 3 heterocycles. The summed E-state index contributed by atoms with van der Waals surface area (Å²) in [6.45, 7) is 0. The molecule has 10 aromatic rings. The van der Waals surface area contributed by atoms with Gasteiger partial charge in [-0.2, -0.15) is 5.26 Å². The lowest BCUT2D eigenvalue weighted by atomic mass is 9.96. The van der Waals surface area contributed by atoms with E-state index in [-0.39, 0.29) is 0 Å². The van der Waals surface area contributed by atoms with Crippen LogP contribution in [0, 0.1) is 11.3 Å². The molecule has 242 valence electrons. The summed E-state index contributed by atoms with van der Waals surface area (Å²) < 4.78 is 8.95. The van der Waals surface area contributed by atoms with Crippen molar-refractivity contribution >= 4 is 43.7 Å². The highest BCUT2D eigenvalue weighted by Gasteiger charge is 2.23. The van der Waals surface area contributed by atoms with Crippen molar-refractivity contribution in [1.29, 1.82) is 5.26 Å². The van der Waals surface area contributed by atoms with E-state index in [1.54, 1.807) is 0 Å². The van der Waals surface area contributed by atoms with Crippen LogP contribution in [-0.2, 0) is 0 Å². The molecule has 0 aliphatic heterocycles. The van der Waals surface area contributed by atoms with Crippen molar-refractivity contribution < 1.29 is 4.42 Å². The minimum Gasteiger partial charge on any atom is -0.454 e. The Bertz CT molecular complexity index is 2950. The van der Waals surface area contributed by atoms with Gasteiger partial charge in [0.1, 0.15) is 17.2 Å². The third-order valence-corrected chi connectivity index (χ3v) is 9.88. The normalized spacial score (nSPS) is 11.4. The van der Waals surface area contributed by atoms with Gasteiger partial charge in [-0.05, 0) is 47.5 Å². The second kappa shape index (κ2) is 11.9. The minimum atomic E-state index is 0.444. The lowest BCUT2D eigenvalue weighted by Gasteiger charge is -2.16. The third-order valence-electron chi connectivity index (χ3n) is 9.88. The monoisotopic (exact) mass is 664 g/mol. The summed E-state index contributed by atoms with van der Waals surface area (Å²) in [7, 11) is 0. The van der Waals surface area contributed by atoms with E-state index >= 15 is 0 Å². The average molecular weight is 665 g/mol. The molecule has 0 bridgehead atoms. The molecule has 10 rings (SSSR count). The smallest absolute Gasteiger partial charge is 0.161 e. The zero-order chi connectivity index (χ0) is 34.6. The second-order valence-corrected chi connectivity index (χ2v) is 12.8. The Kier molecular flexibility index (Phi) is 6.80. The van der Waals surface area contributed by atoms with Crippen LogP contribution in [0.1, 0.15) is 5.56 Å². The number of nitrogens with zero attached hydrogens (tertiary/aromatic N) is 4. The van der Waals surface area contributed by atoms with Gasteiger partial charge in [0.25, 0.3) is 0 Å². The van der Waals surface area contributed by atoms with Gasteiger partial charge in [-0.1, -0.05) is 133 Å². The summed E-state index contributed by atoms with van der Waals surface area (Å²) in [6, 6.07) is 60.2. The number of fused-ring (bicyclic) bond motifs is 7. The zero-order valence-electron chi connectivity index (χ0n) is 27.9. The van der Waals surface area contributed by atoms with Crippen LogP contribution in [0.5, 0.6) is 0 Å². The third kappa shape index (κ3) is 4.63. The van der Waals surface area contributed by atoms with Crippen LogP contribution in [-0.4, -0.2) is 14.5 Å². The molecule has 5 nitrogen and oxygen atoms in total. The predicted octanol–water partition coefficient (Wildman–Crippen LogP) is 12.0. The fraction of sp³-hybridized carbons (Fsp3) is 0. The Morgan fingerprint density at radius 3 is 1.75 bits per heavy atom. The highest BCUT2D eigenvalue weighted by atomic mass is 16.3. The Morgan fingerprint density at radius 2 is 1.08 bits per heavy atom. The lowest BCUT2D eigenvalue weighted by Crippen LogP contribution is -2.03. The van der Waals surface area contributed by atoms with Gasteiger partial charge in [-0.3, -0.25) is 0 Å². The molecule has 0 saturated heterocycles. The van der Waals surface area contributed by atoms with Crippen LogP contribution in [0.2, 0.25) is 0 Å². The van der Waals surface area contributed by atoms with Crippen molar-refractivity contribution in [2.24, 2.45) is 0 Å². The largest absolute Gasteiger partial charge is 0.454 e. The van der Waals surface area contributed by atoms with Crippen LogP contribution in [0.4, 0.5) is 0 Å². The van der Waals surface area contributed by atoms with Crippen LogP contribution < -0.4 is 0 Å². The van der Waals surface area contributed by atoms with E-state index in [9.17, 15) is 5.26 Å². The number of aromatic nitrogens is 3. The second-order valence-electron chi connectivity index (χ2n) is 12.8. The molecular formula is C47H28N4O. The van der Waals surface area contributed by atoms with Crippen molar-refractivity contribution in [2.75, 3.05) is 0 Å². The molecule has 0 N–H and O–H groups in total. The maximum atomic E-state index is 10.5. The van der Waals surface area contributed by atoms with Crippen molar-refractivity contribution in [3.8, 4) is 56.8 Å². The fourth-order valence-electron chi connectivity index (χ4n) is 7.52. The SMILES string of the molecule is N#Cc1c(-c2ccccc2)nc(-c2ccc(-n3c4ccccc4c4ccc5c6ccccc6oc5c43)cc2-c2ccccc2)nc1-c1ccccc1. The summed E-state index contributed by atoms with van der Waals surface area (Å²) in [5.41, 5.74) is 11.1. The number of para-hydroxylation sites is 2. The highest BCUT2D eigenvalue weighted by Crippen LogP contribution is 2.42. The number of benzene rings is 7. The van der Waals surface area contributed by atoms with E-state index in [0.717, 1.165) is 77.2 Å². The summed E-state index contributed by atoms with van der Waals surface area (Å²) >= 11 is 0. The van der Waals surface area contributed by atoms with Gasteiger partial charge in [-0.25, -0.2) is 9.97 Å². The average Bonchev–Trinajstić information content (AvgIpc) is 3.77. The van der Waals surface area contributed by atoms with Gasteiger partial charge in [0.15, 0.2) is 11.4 Å². The van der Waals surface area contributed by atoms with Gasteiger partial charge in [0.05, 0.1) is 22.4 Å². The summed E-state index contributed by atoms with van der Waals surface area (Å²) in [6.07, 6.45) is 0. The molecule has 0 aliphatic carbocycles. The predicted molar refractivity (Wildman–Crippen MR) is 210 cm³/mol. The van der Waals surface area contributed by atoms with Gasteiger partial charge in [0.2, 0.25) is 0 Å². The number of nitriles is 1. The minimum absolute atomic E-state index is 0.444. The lowest BCUT2D eigenvalue weighted by molar-refractivity contribution is 0.671. The summed E-state index contributed by atoms with van der Waals surface area (Å²) in [5, 5.41) is 15.0. The van der Waals surface area contributed by atoms with E-state index in [1.165, 1.54) is 0 Å². The molecule has 0 spiro atoms. The van der Waals surface area contributed by atoms with Crippen molar-refractivity contribution in [1.82, 2.24) is 14.5 Å². The molecule has 3 aromatic heterocycles. The molecule has 5 heteroatoms. The molecule has 0 aliphatic rings. The zero-order valence-corrected chi connectivity index (χ0v) is 27.9. The number of furan rings is 1. The first-order valence-corrected chi connectivity index (χ1v) is 17.2. The first-order chi connectivity index (χ1) is 25.8. The Morgan fingerprint density at radius 1 is 0.500 bits per heavy atom. The van der Waals surface area contributed by atoms with Crippen molar-refractivity contribution in [2.45, 2.75) is 0 Å². The quantitative estimate of drug-likeness (QED) is 0.184. The van der Waals surface area contributed by atoms with E-state index in [2.05, 4.69) is 102 Å². The molecule has 0 fully saturated rings. The topological polar surface area (TPSA) is 67.6 Å². The summed E-state index contributed by atoms with van der Waals surface area (Å²) in [5.74, 6) is 0.545. The van der Waals surface area contributed by atoms with E-state index in [1.807, 2.05) is 78.9 Å². The van der Waals surface area contributed by atoms with Gasteiger partial charge < -0.3 is 8.98 Å². The molecule has 0 amide bonds. The maximum absolute atomic E-state index is 10.5. The number of hydrogen-bond donors (Lipinski definition) is 0. The van der Waals surface area contributed by atoms with Crippen LogP contribution in [0.3, 0.4) is 0 Å².